The highest BCUT2D eigenvalue weighted by Gasteiger charge is 2.33. The molecule has 4 nitrogen and oxygen atoms in total. The third kappa shape index (κ3) is 3.63. The summed E-state index contributed by atoms with van der Waals surface area (Å²) in [6, 6.07) is 4.96. The standard InChI is InChI=1S/C16H10ClF4NO3/c17-12-3-9(4-13-14(12)25-7-24-13)15(23)22-6-8-1-2-10(18)5-11(8)16(19,20)21/h1-5H,6-7H2,(H,22,23). The van der Waals surface area contributed by atoms with Crippen LogP contribution in [-0.4, -0.2) is 12.7 Å². The third-order valence-corrected chi connectivity index (χ3v) is 3.79. The first-order valence-corrected chi connectivity index (χ1v) is 7.36. The van der Waals surface area contributed by atoms with Crippen molar-refractivity contribution in [2.45, 2.75) is 12.7 Å². The van der Waals surface area contributed by atoms with Gasteiger partial charge in [-0.2, -0.15) is 13.2 Å². The van der Waals surface area contributed by atoms with E-state index < -0.39 is 30.0 Å². The fourth-order valence-corrected chi connectivity index (χ4v) is 2.61. The number of carbonyl (C=O) groups excluding carboxylic acids is 1. The number of alkyl halides is 3. The van der Waals surface area contributed by atoms with Crippen molar-refractivity contribution in [2.24, 2.45) is 0 Å². The SMILES string of the molecule is O=C(NCc1ccc(F)cc1C(F)(F)F)c1cc(Cl)c2c(c1)OCO2. The van der Waals surface area contributed by atoms with E-state index in [4.69, 9.17) is 21.1 Å². The molecule has 0 fully saturated rings. The Labute approximate surface area is 144 Å². The summed E-state index contributed by atoms with van der Waals surface area (Å²) in [5.41, 5.74) is -1.30. The van der Waals surface area contributed by atoms with E-state index in [-0.39, 0.29) is 28.7 Å². The van der Waals surface area contributed by atoms with Gasteiger partial charge in [0.1, 0.15) is 5.82 Å². The minimum absolute atomic E-state index is 0.0371. The highest BCUT2D eigenvalue weighted by Crippen LogP contribution is 2.39. The van der Waals surface area contributed by atoms with Crippen molar-refractivity contribution in [1.29, 1.82) is 0 Å². The van der Waals surface area contributed by atoms with Crippen LogP contribution in [-0.2, 0) is 12.7 Å². The van der Waals surface area contributed by atoms with Gasteiger partial charge in [0.05, 0.1) is 10.6 Å². The lowest BCUT2D eigenvalue weighted by molar-refractivity contribution is -0.138. The van der Waals surface area contributed by atoms with Crippen molar-refractivity contribution in [3.8, 4) is 11.5 Å². The number of carbonyl (C=O) groups is 1. The van der Waals surface area contributed by atoms with E-state index >= 15 is 0 Å². The zero-order chi connectivity index (χ0) is 18.2. The quantitative estimate of drug-likeness (QED) is 0.820. The van der Waals surface area contributed by atoms with Crippen molar-refractivity contribution in [1.82, 2.24) is 5.32 Å². The van der Waals surface area contributed by atoms with Crippen LogP contribution in [0.15, 0.2) is 30.3 Å². The fourth-order valence-electron chi connectivity index (χ4n) is 2.34. The second-order valence-electron chi connectivity index (χ2n) is 5.17. The lowest BCUT2D eigenvalue weighted by atomic mass is 10.1. The molecule has 2 aromatic rings. The van der Waals surface area contributed by atoms with Gasteiger partial charge in [-0.05, 0) is 29.8 Å². The Balaban J connectivity index is 1.79. The van der Waals surface area contributed by atoms with E-state index in [2.05, 4.69) is 5.32 Å². The summed E-state index contributed by atoms with van der Waals surface area (Å²) in [6.07, 6.45) is -4.73. The van der Waals surface area contributed by atoms with Crippen molar-refractivity contribution in [3.05, 3.63) is 57.9 Å². The highest BCUT2D eigenvalue weighted by atomic mass is 35.5. The number of amides is 1. The summed E-state index contributed by atoms with van der Waals surface area (Å²) < 4.78 is 62.2. The maximum absolute atomic E-state index is 13.1. The van der Waals surface area contributed by atoms with Crippen LogP contribution >= 0.6 is 11.6 Å². The van der Waals surface area contributed by atoms with Gasteiger partial charge < -0.3 is 14.8 Å². The molecule has 3 rings (SSSR count). The Hall–Kier alpha value is -2.48. The summed E-state index contributed by atoms with van der Waals surface area (Å²) in [7, 11) is 0. The van der Waals surface area contributed by atoms with Crippen LogP contribution in [0.1, 0.15) is 21.5 Å². The van der Waals surface area contributed by atoms with E-state index in [0.717, 1.165) is 12.1 Å². The smallest absolute Gasteiger partial charge is 0.416 e. The second-order valence-corrected chi connectivity index (χ2v) is 5.58. The summed E-state index contributed by atoms with van der Waals surface area (Å²) in [5.74, 6) is -1.09. The fraction of sp³-hybridized carbons (Fsp3) is 0.188. The lowest BCUT2D eigenvalue weighted by Gasteiger charge is -2.14. The predicted molar refractivity (Wildman–Crippen MR) is 80.1 cm³/mol. The molecule has 0 aromatic heterocycles. The normalized spacial score (nSPS) is 13.0. The van der Waals surface area contributed by atoms with Crippen LogP contribution < -0.4 is 14.8 Å². The number of rotatable bonds is 3. The molecule has 1 aliphatic heterocycles. The first-order valence-electron chi connectivity index (χ1n) is 6.98. The summed E-state index contributed by atoms with van der Waals surface area (Å²) >= 11 is 5.96. The topological polar surface area (TPSA) is 47.6 Å². The van der Waals surface area contributed by atoms with Gasteiger partial charge in [-0.25, -0.2) is 4.39 Å². The first kappa shape index (κ1) is 17.3. The van der Waals surface area contributed by atoms with Gasteiger partial charge in [0.25, 0.3) is 5.91 Å². The van der Waals surface area contributed by atoms with Gasteiger partial charge in [-0.3, -0.25) is 4.79 Å². The summed E-state index contributed by atoms with van der Waals surface area (Å²) in [5, 5.41) is 2.50. The van der Waals surface area contributed by atoms with E-state index in [9.17, 15) is 22.4 Å². The van der Waals surface area contributed by atoms with Crippen molar-refractivity contribution in [3.63, 3.8) is 0 Å². The Morgan fingerprint density at radius 2 is 1.96 bits per heavy atom. The lowest BCUT2D eigenvalue weighted by Crippen LogP contribution is -2.24. The zero-order valence-electron chi connectivity index (χ0n) is 12.4. The van der Waals surface area contributed by atoms with Crippen LogP contribution in [0.2, 0.25) is 5.02 Å². The van der Waals surface area contributed by atoms with Crippen LogP contribution in [0.4, 0.5) is 17.6 Å². The highest BCUT2D eigenvalue weighted by molar-refractivity contribution is 6.32. The van der Waals surface area contributed by atoms with E-state index in [1.54, 1.807) is 0 Å². The molecule has 0 atom stereocenters. The number of hydrogen-bond donors (Lipinski definition) is 1. The molecule has 1 aliphatic rings. The van der Waals surface area contributed by atoms with E-state index in [0.29, 0.717) is 11.8 Å². The molecular weight excluding hydrogens is 366 g/mol. The van der Waals surface area contributed by atoms with E-state index in [1.807, 2.05) is 0 Å². The number of halogens is 5. The molecule has 1 N–H and O–H groups in total. The van der Waals surface area contributed by atoms with Gasteiger partial charge >= 0.3 is 6.18 Å². The minimum atomic E-state index is -4.73. The molecule has 9 heteroatoms. The molecule has 1 heterocycles. The van der Waals surface area contributed by atoms with Crippen LogP contribution in [0.25, 0.3) is 0 Å². The number of benzene rings is 2. The molecule has 0 radical (unpaired) electrons. The van der Waals surface area contributed by atoms with Crippen LogP contribution in [0.5, 0.6) is 11.5 Å². The second kappa shape index (κ2) is 6.44. The molecule has 25 heavy (non-hydrogen) atoms. The molecule has 132 valence electrons. The van der Waals surface area contributed by atoms with Gasteiger partial charge in [0.2, 0.25) is 6.79 Å². The molecule has 0 saturated heterocycles. The number of fused-ring (bicyclic) bond motifs is 1. The van der Waals surface area contributed by atoms with Gasteiger partial charge in [-0.15, -0.1) is 0 Å². The minimum Gasteiger partial charge on any atom is -0.454 e. The zero-order valence-corrected chi connectivity index (χ0v) is 13.2. The Morgan fingerprint density at radius 3 is 2.68 bits per heavy atom. The molecule has 2 aromatic carbocycles. The predicted octanol–water partition coefficient (Wildman–Crippen LogP) is 4.16. The van der Waals surface area contributed by atoms with Crippen molar-refractivity contribution >= 4 is 17.5 Å². The Morgan fingerprint density at radius 1 is 1.20 bits per heavy atom. The number of nitrogens with one attached hydrogen (secondary N) is 1. The third-order valence-electron chi connectivity index (χ3n) is 3.51. The molecule has 0 saturated carbocycles. The Bertz CT molecular complexity index is 839. The van der Waals surface area contributed by atoms with E-state index in [1.165, 1.54) is 12.1 Å². The summed E-state index contributed by atoms with van der Waals surface area (Å²) in [6.45, 7) is -0.468. The van der Waals surface area contributed by atoms with Gasteiger partial charge in [0.15, 0.2) is 11.5 Å². The van der Waals surface area contributed by atoms with Gasteiger partial charge in [0, 0.05) is 12.1 Å². The maximum Gasteiger partial charge on any atom is 0.416 e. The molecule has 0 spiro atoms. The number of hydrogen-bond acceptors (Lipinski definition) is 3. The monoisotopic (exact) mass is 375 g/mol. The van der Waals surface area contributed by atoms with Crippen molar-refractivity contribution in [2.75, 3.05) is 6.79 Å². The number of ether oxygens (including phenoxy) is 2. The first-order chi connectivity index (χ1) is 11.8. The van der Waals surface area contributed by atoms with Crippen LogP contribution in [0.3, 0.4) is 0 Å². The van der Waals surface area contributed by atoms with Gasteiger partial charge in [-0.1, -0.05) is 17.7 Å². The Kier molecular flexibility index (Phi) is 4.47. The van der Waals surface area contributed by atoms with Crippen molar-refractivity contribution < 1.29 is 31.8 Å². The average Bonchev–Trinajstić information content (AvgIpc) is 3.01. The average molecular weight is 376 g/mol. The molecule has 0 bridgehead atoms. The molecule has 0 aliphatic carbocycles. The largest absolute Gasteiger partial charge is 0.454 e. The maximum atomic E-state index is 13.1. The molecule has 1 amide bonds. The van der Waals surface area contributed by atoms with Crippen LogP contribution in [0, 0.1) is 5.82 Å². The molecular formula is C16H10ClF4NO3. The summed E-state index contributed by atoms with van der Waals surface area (Å²) in [4.78, 5) is 12.2. The molecule has 0 unspecified atom stereocenters.